The fraction of sp³-hybridized carbons (Fsp3) is 0.222. The molecule has 2 rings (SSSR count). The molecule has 0 heterocycles. The lowest BCUT2D eigenvalue weighted by atomic mass is 10.1. The maximum Gasteiger partial charge on any atom is 0.244 e. The van der Waals surface area contributed by atoms with E-state index in [2.05, 4.69) is 10.5 Å². The molecule has 0 unspecified atom stereocenters. The summed E-state index contributed by atoms with van der Waals surface area (Å²) in [5.41, 5.74) is 4.28. The van der Waals surface area contributed by atoms with Gasteiger partial charge in [-0.3, -0.25) is 4.79 Å². The lowest BCUT2D eigenvalue weighted by Gasteiger charge is -2.09. The molecule has 0 atom stereocenters. The van der Waals surface area contributed by atoms with Crippen LogP contribution in [0.5, 0.6) is 11.5 Å². The number of benzene rings is 2. The SMILES string of the molecule is CCOc1cc(C=NNC(=O)Cc2ccccc2)ccc1OC. The van der Waals surface area contributed by atoms with E-state index in [4.69, 9.17) is 9.47 Å². The number of nitrogens with zero attached hydrogens (tertiary/aromatic N) is 1. The summed E-state index contributed by atoms with van der Waals surface area (Å²) in [4.78, 5) is 11.8. The second kappa shape index (κ2) is 8.58. The quantitative estimate of drug-likeness (QED) is 0.632. The number of ether oxygens (including phenoxy) is 2. The van der Waals surface area contributed by atoms with Crippen molar-refractivity contribution < 1.29 is 14.3 Å². The Kier molecular flexibility index (Phi) is 6.17. The van der Waals surface area contributed by atoms with E-state index < -0.39 is 0 Å². The predicted molar refractivity (Wildman–Crippen MR) is 90.0 cm³/mol. The Labute approximate surface area is 135 Å². The van der Waals surface area contributed by atoms with Gasteiger partial charge in [0.2, 0.25) is 5.91 Å². The van der Waals surface area contributed by atoms with Crippen LogP contribution in [0.1, 0.15) is 18.1 Å². The van der Waals surface area contributed by atoms with Gasteiger partial charge in [-0.2, -0.15) is 5.10 Å². The first-order valence-electron chi connectivity index (χ1n) is 7.39. The number of rotatable bonds is 7. The molecule has 2 aromatic rings. The number of hydrogen-bond donors (Lipinski definition) is 1. The number of hydrazone groups is 1. The fourth-order valence-electron chi connectivity index (χ4n) is 2.04. The van der Waals surface area contributed by atoms with Crippen LogP contribution < -0.4 is 14.9 Å². The molecule has 5 nitrogen and oxygen atoms in total. The zero-order valence-corrected chi connectivity index (χ0v) is 13.3. The molecule has 0 aliphatic carbocycles. The molecule has 0 aromatic heterocycles. The highest BCUT2D eigenvalue weighted by Crippen LogP contribution is 2.27. The number of methoxy groups -OCH3 is 1. The third-order valence-electron chi connectivity index (χ3n) is 3.10. The molecule has 0 fully saturated rings. The van der Waals surface area contributed by atoms with Crippen LogP contribution in [0.15, 0.2) is 53.6 Å². The molecule has 120 valence electrons. The lowest BCUT2D eigenvalue weighted by Crippen LogP contribution is -2.19. The molecule has 5 heteroatoms. The smallest absolute Gasteiger partial charge is 0.244 e. The summed E-state index contributed by atoms with van der Waals surface area (Å²) in [6, 6.07) is 15.0. The van der Waals surface area contributed by atoms with Crippen LogP contribution in [0.25, 0.3) is 0 Å². The lowest BCUT2D eigenvalue weighted by molar-refractivity contribution is -0.120. The van der Waals surface area contributed by atoms with Crippen LogP contribution in [0.4, 0.5) is 0 Å². The topological polar surface area (TPSA) is 59.9 Å². The minimum absolute atomic E-state index is 0.161. The van der Waals surface area contributed by atoms with Gasteiger partial charge in [-0.15, -0.1) is 0 Å². The largest absolute Gasteiger partial charge is 0.493 e. The maximum atomic E-state index is 11.8. The van der Waals surface area contributed by atoms with Gasteiger partial charge >= 0.3 is 0 Å². The molecule has 0 radical (unpaired) electrons. The standard InChI is InChI=1S/C18H20N2O3/c1-3-23-17-11-15(9-10-16(17)22-2)13-19-20-18(21)12-14-7-5-4-6-8-14/h4-11,13H,3,12H2,1-2H3,(H,20,21). The van der Waals surface area contributed by atoms with E-state index in [1.54, 1.807) is 19.4 Å². The minimum atomic E-state index is -0.161. The van der Waals surface area contributed by atoms with Gasteiger partial charge in [-0.1, -0.05) is 30.3 Å². The van der Waals surface area contributed by atoms with Crippen LogP contribution in [0, 0.1) is 0 Å². The van der Waals surface area contributed by atoms with Crippen LogP contribution >= 0.6 is 0 Å². The van der Waals surface area contributed by atoms with Gasteiger partial charge in [-0.25, -0.2) is 5.43 Å². The second-order valence-electron chi connectivity index (χ2n) is 4.80. The summed E-state index contributed by atoms with van der Waals surface area (Å²) in [5, 5.41) is 3.97. The molecule has 0 spiro atoms. The Balaban J connectivity index is 1.94. The molecule has 23 heavy (non-hydrogen) atoms. The fourth-order valence-corrected chi connectivity index (χ4v) is 2.04. The van der Waals surface area contributed by atoms with Gasteiger partial charge < -0.3 is 9.47 Å². The summed E-state index contributed by atoms with van der Waals surface area (Å²) in [6.45, 7) is 2.45. The highest BCUT2D eigenvalue weighted by Gasteiger charge is 2.04. The van der Waals surface area contributed by atoms with Crippen molar-refractivity contribution in [2.75, 3.05) is 13.7 Å². The summed E-state index contributed by atoms with van der Waals surface area (Å²) < 4.78 is 10.7. The molecular formula is C18H20N2O3. The van der Waals surface area contributed by atoms with E-state index in [9.17, 15) is 4.79 Å². The van der Waals surface area contributed by atoms with Crippen molar-refractivity contribution in [1.29, 1.82) is 0 Å². The van der Waals surface area contributed by atoms with Crippen molar-refractivity contribution in [3.05, 3.63) is 59.7 Å². The van der Waals surface area contributed by atoms with Crippen LogP contribution in [0.3, 0.4) is 0 Å². The van der Waals surface area contributed by atoms with Crippen LogP contribution in [-0.4, -0.2) is 25.8 Å². The van der Waals surface area contributed by atoms with Gasteiger partial charge in [0.15, 0.2) is 11.5 Å². The van der Waals surface area contributed by atoms with E-state index in [-0.39, 0.29) is 5.91 Å². The summed E-state index contributed by atoms with van der Waals surface area (Å²) in [6.07, 6.45) is 1.87. The highest BCUT2D eigenvalue weighted by molar-refractivity contribution is 5.84. The molecule has 1 N–H and O–H groups in total. The van der Waals surface area contributed by atoms with Crippen LogP contribution in [-0.2, 0) is 11.2 Å². The first-order valence-corrected chi connectivity index (χ1v) is 7.39. The molecule has 2 aromatic carbocycles. The van der Waals surface area contributed by atoms with Gasteiger partial charge in [-0.05, 0) is 36.2 Å². The third kappa shape index (κ3) is 5.14. The number of carbonyl (C=O) groups is 1. The summed E-state index contributed by atoms with van der Waals surface area (Å²) >= 11 is 0. The molecule has 0 saturated carbocycles. The van der Waals surface area contributed by atoms with E-state index >= 15 is 0 Å². The van der Waals surface area contributed by atoms with Crippen molar-refractivity contribution in [3.8, 4) is 11.5 Å². The van der Waals surface area contributed by atoms with E-state index in [1.807, 2.05) is 49.4 Å². The molecule has 0 saturated heterocycles. The Bertz CT molecular complexity index is 669. The van der Waals surface area contributed by atoms with E-state index in [0.29, 0.717) is 24.5 Å². The van der Waals surface area contributed by atoms with Gasteiger partial charge in [0, 0.05) is 0 Å². The Hall–Kier alpha value is -2.82. The molecule has 1 amide bonds. The zero-order valence-electron chi connectivity index (χ0n) is 13.3. The Morgan fingerprint density at radius 3 is 2.65 bits per heavy atom. The molecule has 0 bridgehead atoms. The first-order chi connectivity index (χ1) is 11.2. The average molecular weight is 312 g/mol. The normalized spacial score (nSPS) is 10.5. The average Bonchev–Trinajstić information content (AvgIpc) is 2.56. The molecule has 0 aliphatic heterocycles. The number of hydrogen-bond acceptors (Lipinski definition) is 4. The summed E-state index contributed by atoms with van der Waals surface area (Å²) in [5.74, 6) is 1.15. The number of nitrogens with one attached hydrogen (secondary N) is 1. The zero-order chi connectivity index (χ0) is 16.5. The monoisotopic (exact) mass is 312 g/mol. The highest BCUT2D eigenvalue weighted by atomic mass is 16.5. The first kappa shape index (κ1) is 16.5. The summed E-state index contributed by atoms with van der Waals surface area (Å²) in [7, 11) is 1.59. The Morgan fingerprint density at radius 1 is 1.17 bits per heavy atom. The predicted octanol–water partition coefficient (Wildman–Crippen LogP) is 2.79. The van der Waals surface area contributed by atoms with Crippen molar-refractivity contribution in [1.82, 2.24) is 5.43 Å². The maximum absolute atomic E-state index is 11.8. The molecular weight excluding hydrogens is 292 g/mol. The minimum Gasteiger partial charge on any atom is -0.493 e. The number of amides is 1. The third-order valence-corrected chi connectivity index (χ3v) is 3.10. The molecule has 0 aliphatic rings. The number of carbonyl (C=O) groups excluding carboxylic acids is 1. The second-order valence-corrected chi connectivity index (χ2v) is 4.80. The Morgan fingerprint density at radius 2 is 1.96 bits per heavy atom. The van der Waals surface area contributed by atoms with Gasteiger partial charge in [0.1, 0.15) is 0 Å². The van der Waals surface area contributed by atoms with E-state index in [1.165, 1.54) is 0 Å². The van der Waals surface area contributed by atoms with Crippen molar-refractivity contribution >= 4 is 12.1 Å². The van der Waals surface area contributed by atoms with Crippen molar-refractivity contribution in [2.45, 2.75) is 13.3 Å². The van der Waals surface area contributed by atoms with Crippen molar-refractivity contribution in [2.24, 2.45) is 5.10 Å². The van der Waals surface area contributed by atoms with Crippen LogP contribution in [0.2, 0.25) is 0 Å². The van der Waals surface area contributed by atoms with E-state index in [0.717, 1.165) is 11.1 Å². The van der Waals surface area contributed by atoms with Gasteiger partial charge in [0.05, 0.1) is 26.4 Å². The van der Waals surface area contributed by atoms with Gasteiger partial charge in [0.25, 0.3) is 0 Å². The van der Waals surface area contributed by atoms with Crippen molar-refractivity contribution in [3.63, 3.8) is 0 Å².